The highest BCUT2D eigenvalue weighted by molar-refractivity contribution is 6.04. The minimum Gasteiger partial charge on any atom is -0.477 e. The van der Waals surface area contributed by atoms with E-state index in [2.05, 4.69) is 4.98 Å². The molecule has 0 fully saturated rings. The summed E-state index contributed by atoms with van der Waals surface area (Å²) in [5.74, 6) is -1.20. The average Bonchev–Trinajstić information content (AvgIpc) is 2.80. The fourth-order valence-electron chi connectivity index (χ4n) is 2.35. The number of carbonyl (C=O) groups is 2. The van der Waals surface area contributed by atoms with Crippen LogP contribution in [0.3, 0.4) is 0 Å². The summed E-state index contributed by atoms with van der Waals surface area (Å²) >= 11 is 0. The van der Waals surface area contributed by atoms with Crippen molar-refractivity contribution in [3.8, 4) is 0 Å². The number of aromatic amines is 1. The molecule has 2 N–H and O–H groups in total. The molecule has 1 aliphatic rings. The van der Waals surface area contributed by atoms with Gasteiger partial charge in [-0.2, -0.15) is 0 Å². The van der Waals surface area contributed by atoms with Gasteiger partial charge in [0.2, 0.25) is 0 Å². The summed E-state index contributed by atoms with van der Waals surface area (Å²) in [7, 11) is 0. The highest BCUT2D eigenvalue weighted by atomic mass is 16.4. The highest BCUT2D eigenvalue weighted by Crippen LogP contribution is 2.37. The van der Waals surface area contributed by atoms with Crippen LogP contribution in [0.1, 0.15) is 37.9 Å². The molecule has 1 aromatic carbocycles. The molecule has 3 rings (SSSR count). The number of aromatic carboxylic acids is 1. The number of nitrogens with one attached hydrogen (secondary N) is 1. The summed E-state index contributed by atoms with van der Waals surface area (Å²) in [6.45, 7) is 0. The van der Waals surface area contributed by atoms with Crippen molar-refractivity contribution in [3.63, 3.8) is 0 Å². The molecular formula is C14H11NO3. The topological polar surface area (TPSA) is 70.2 Å². The second-order valence-electron chi connectivity index (χ2n) is 4.43. The van der Waals surface area contributed by atoms with Crippen LogP contribution >= 0.6 is 0 Å². The first-order valence-electron chi connectivity index (χ1n) is 5.70. The number of ketones is 1. The third-order valence-corrected chi connectivity index (χ3v) is 3.37. The molecule has 0 amide bonds. The van der Waals surface area contributed by atoms with Gasteiger partial charge in [-0.05, 0) is 23.6 Å². The molecule has 1 aromatic heterocycles. The van der Waals surface area contributed by atoms with E-state index >= 15 is 0 Å². The van der Waals surface area contributed by atoms with Crippen molar-refractivity contribution < 1.29 is 14.7 Å². The molecule has 0 saturated heterocycles. The lowest BCUT2D eigenvalue weighted by Crippen LogP contribution is -2.24. The number of aromatic nitrogens is 1. The number of hydrogen-bond acceptors (Lipinski definition) is 2. The van der Waals surface area contributed by atoms with Crippen LogP contribution in [0, 0.1) is 0 Å². The molecule has 1 unspecified atom stereocenters. The Labute approximate surface area is 103 Å². The maximum absolute atomic E-state index is 12.2. The number of hydrogen-bond donors (Lipinski definition) is 2. The van der Waals surface area contributed by atoms with Crippen LogP contribution in [0.15, 0.2) is 36.5 Å². The molecule has 90 valence electrons. The third kappa shape index (κ3) is 1.54. The van der Waals surface area contributed by atoms with E-state index in [1.54, 1.807) is 0 Å². The Bertz CT molecular complexity index is 642. The number of fused-ring (bicyclic) bond motifs is 1. The summed E-state index contributed by atoms with van der Waals surface area (Å²) < 4.78 is 0. The van der Waals surface area contributed by atoms with Gasteiger partial charge in [-0.25, -0.2) is 4.79 Å². The molecule has 0 aliphatic heterocycles. The Morgan fingerprint density at radius 1 is 1.28 bits per heavy atom. The van der Waals surface area contributed by atoms with E-state index in [9.17, 15) is 9.59 Å². The van der Waals surface area contributed by atoms with Gasteiger partial charge in [0.05, 0.1) is 5.92 Å². The molecule has 0 bridgehead atoms. The molecule has 0 saturated carbocycles. The van der Waals surface area contributed by atoms with Crippen molar-refractivity contribution in [1.29, 1.82) is 0 Å². The number of rotatable bonds is 3. The quantitative estimate of drug-likeness (QED) is 0.809. The minimum absolute atomic E-state index is 0.0162. The first kappa shape index (κ1) is 10.8. The summed E-state index contributed by atoms with van der Waals surface area (Å²) in [5.41, 5.74) is 2.74. The lowest BCUT2D eigenvalue weighted by atomic mass is 9.74. The number of carboxylic acids is 1. The van der Waals surface area contributed by atoms with Crippen molar-refractivity contribution in [3.05, 3.63) is 58.9 Å². The first-order chi connectivity index (χ1) is 8.66. The number of H-pyrrole nitrogens is 1. The van der Waals surface area contributed by atoms with Crippen LogP contribution < -0.4 is 0 Å². The third-order valence-electron chi connectivity index (χ3n) is 3.37. The van der Waals surface area contributed by atoms with E-state index in [-0.39, 0.29) is 17.4 Å². The molecule has 18 heavy (non-hydrogen) atoms. The van der Waals surface area contributed by atoms with E-state index in [0.29, 0.717) is 5.56 Å². The van der Waals surface area contributed by atoms with Gasteiger partial charge >= 0.3 is 5.97 Å². The number of carbonyl (C=O) groups excluding carboxylic acids is 1. The van der Waals surface area contributed by atoms with Crippen LogP contribution in [-0.4, -0.2) is 21.8 Å². The largest absolute Gasteiger partial charge is 0.477 e. The summed E-state index contributed by atoms with van der Waals surface area (Å²) in [5, 5.41) is 8.80. The van der Waals surface area contributed by atoms with Gasteiger partial charge in [0.1, 0.15) is 5.69 Å². The average molecular weight is 241 g/mol. The van der Waals surface area contributed by atoms with Gasteiger partial charge in [-0.15, -0.1) is 0 Å². The van der Waals surface area contributed by atoms with Crippen molar-refractivity contribution in [2.45, 2.75) is 12.3 Å². The van der Waals surface area contributed by atoms with Crippen molar-refractivity contribution in [2.24, 2.45) is 0 Å². The van der Waals surface area contributed by atoms with Crippen LogP contribution in [0.5, 0.6) is 0 Å². The Balaban J connectivity index is 1.86. The van der Waals surface area contributed by atoms with Crippen LogP contribution in [-0.2, 0) is 6.42 Å². The zero-order valence-corrected chi connectivity index (χ0v) is 9.51. The van der Waals surface area contributed by atoms with Gasteiger partial charge in [-0.3, -0.25) is 4.79 Å². The number of benzene rings is 1. The van der Waals surface area contributed by atoms with E-state index in [0.717, 1.165) is 12.0 Å². The number of Topliss-reactive ketones (excluding diaryl/α,β-unsaturated/α-hetero) is 1. The van der Waals surface area contributed by atoms with Crippen LogP contribution in [0.2, 0.25) is 0 Å². The van der Waals surface area contributed by atoms with E-state index in [1.165, 1.54) is 17.8 Å². The van der Waals surface area contributed by atoms with Gasteiger partial charge in [0.25, 0.3) is 0 Å². The van der Waals surface area contributed by atoms with E-state index in [1.807, 2.05) is 24.3 Å². The minimum atomic E-state index is -1.05. The molecule has 1 aliphatic carbocycles. The van der Waals surface area contributed by atoms with Crippen molar-refractivity contribution >= 4 is 11.8 Å². The molecule has 0 spiro atoms. The molecule has 2 aromatic rings. The van der Waals surface area contributed by atoms with Crippen LogP contribution in [0.25, 0.3) is 0 Å². The zero-order valence-electron chi connectivity index (χ0n) is 9.51. The second-order valence-corrected chi connectivity index (χ2v) is 4.43. The van der Waals surface area contributed by atoms with E-state index < -0.39 is 5.97 Å². The summed E-state index contributed by atoms with van der Waals surface area (Å²) in [6.07, 6.45) is 2.20. The molecule has 4 heteroatoms. The molecule has 4 nitrogen and oxygen atoms in total. The Kier molecular flexibility index (Phi) is 2.30. The Hall–Kier alpha value is -2.36. The summed E-state index contributed by atoms with van der Waals surface area (Å²) in [6, 6.07) is 9.23. The van der Waals surface area contributed by atoms with Gasteiger partial charge in [-0.1, -0.05) is 24.3 Å². The van der Waals surface area contributed by atoms with Gasteiger partial charge in [0, 0.05) is 11.8 Å². The standard InChI is InChI=1S/C14H11NO3/c16-13(9-6-12(14(17)18)15-7-9)11-5-8-3-1-2-4-10(8)11/h1-4,6-7,11,15H,5H2,(H,17,18). The smallest absolute Gasteiger partial charge is 0.352 e. The Morgan fingerprint density at radius 2 is 2.06 bits per heavy atom. The lowest BCUT2D eigenvalue weighted by molar-refractivity contribution is 0.0691. The molecule has 1 heterocycles. The number of carboxylic acid groups (broad SMARTS) is 1. The normalized spacial score (nSPS) is 16.8. The molecule has 1 atom stereocenters. The first-order valence-corrected chi connectivity index (χ1v) is 5.70. The fraction of sp³-hybridized carbons (Fsp3) is 0.143. The summed E-state index contributed by atoms with van der Waals surface area (Å²) in [4.78, 5) is 25.6. The zero-order chi connectivity index (χ0) is 12.7. The van der Waals surface area contributed by atoms with Crippen LogP contribution in [0.4, 0.5) is 0 Å². The molecular weight excluding hydrogens is 230 g/mol. The van der Waals surface area contributed by atoms with Gasteiger partial charge < -0.3 is 10.1 Å². The SMILES string of the molecule is O=C(O)c1cc(C(=O)C2Cc3ccccc32)c[nH]1. The molecule has 0 radical (unpaired) electrons. The highest BCUT2D eigenvalue weighted by Gasteiger charge is 2.32. The maximum Gasteiger partial charge on any atom is 0.352 e. The van der Waals surface area contributed by atoms with Gasteiger partial charge in [0.15, 0.2) is 5.78 Å². The lowest BCUT2D eigenvalue weighted by Gasteiger charge is -2.28. The van der Waals surface area contributed by atoms with Crippen molar-refractivity contribution in [2.75, 3.05) is 0 Å². The fourth-order valence-corrected chi connectivity index (χ4v) is 2.35. The Morgan fingerprint density at radius 3 is 2.72 bits per heavy atom. The monoisotopic (exact) mass is 241 g/mol. The maximum atomic E-state index is 12.2. The predicted molar refractivity (Wildman–Crippen MR) is 65.0 cm³/mol. The predicted octanol–water partition coefficient (Wildman–Crippen LogP) is 2.24. The van der Waals surface area contributed by atoms with Crippen molar-refractivity contribution in [1.82, 2.24) is 4.98 Å². The van der Waals surface area contributed by atoms with E-state index in [4.69, 9.17) is 5.11 Å². The second kappa shape index (κ2) is 3.84.